The van der Waals surface area contributed by atoms with Crippen molar-refractivity contribution in [2.75, 3.05) is 11.9 Å². The summed E-state index contributed by atoms with van der Waals surface area (Å²) >= 11 is 0. The third-order valence-corrected chi connectivity index (χ3v) is 3.04. The average molecular weight is 252 g/mol. The number of rotatable bonds is 4. The fourth-order valence-corrected chi connectivity index (χ4v) is 2.18. The van der Waals surface area contributed by atoms with Crippen molar-refractivity contribution in [2.24, 2.45) is 5.73 Å². The van der Waals surface area contributed by atoms with Crippen LogP contribution >= 0.6 is 0 Å². The van der Waals surface area contributed by atoms with Crippen LogP contribution in [-0.4, -0.2) is 16.1 Å². The number of para-hydroxylation sites is 3. The number of nitrogens with two attached hydrogens (primary N) is 1. The predicted molar refractivity (Wildman–Crippen MR) is 78.5 cm³/mol. The van der Waals surface area contributed by atoms with E-state index in [2.05, 4.69) is 20.9 Å². The molecule has 0 aliphatic carbocycles. The summed E-state index contributed by atoms with van der Waals surface area (Å²) in [6, 6.07) is 18.1. The zero-order chi connectivity index (χ0) is 13.1. The molecule has 96 valence electrons. The fourth-order valence-electron chi connectivity index (χ4n) is 2.18. The molecule has 1 heterocycles. The van der Waals surface area contributed by atoms with Crippen molar-refractivity contribution < 1.29 is 0 Å². The van der Waals surface area contributed by atoms with Gasteiger partial charge in [-0.1, -0.05) is 30.3 Å². The van der Waals surface area contributed by atoms with Crippen molar-refractivity contribution >= 4 is 22.7 Å². The Morgan fingerprint density at radius 3 is 2.53 bits per heavy atom. The summed E-state index contributed by atoms with van der Waals surface area (Å²) in [4.78, 5) is 4.62. The lowest BCUT2D eigenvalue weighted by atomic mass is 10.3. The number of aromatic nitrogens is 2. The fraction of sp³-hybridized carbons (Fsp3) is 0.133. The highest BCUT2D eigenvalue weighted by Crippen LogP contribution is 2.22. The summed E-state index contributed by atoms with van der Waals surface area (Å²) < 4.78 is 2.11. The summed E-state index contributed by atoms with van der Waals surface area (Å²) in [6.07, 6.45) is 0. The maximum atomic E-state index is 5.70. The summed E-state index contributed by atoms with van der Waals surface area (Å²) in [7, 11) is 0. The van der Waals surface area contributed by atoms with E-state index in [9.17, 15) is 0 Å². The number of imidazole rings is 1. The van der Waals surface area contributed by atoms with Crippen molar-refractivity contribution in [2.45, 2.75) is 6.54 Å². The molecule has 3 rings (SSSR count). The molecule has 1 aromatic heterocycles. The molecular weight excluding hydrogens is 236 g/mol. The number of benzene rings is 2. The minimum atomic E-state index is 0.587. The Labute approximate surface area is 111 Å². The van der Waals surface area contributed by atoms with Crippen LogP contribution in [0.1, 0.15) is 0 Å². The highest BCUT2D eigenvalue weighted by molar-refractivity contribution is 5.79. The van der Waals surface area contributed by atoms with Gasteiger partial charge in [0, 0.05) is 18.8 Å². The summed E-state index contributed by atoms with van der Waals surface area (Å²) in [5.74, 6) is 0.831. The molecule has 0 bridgehead atoms. The molecule has 4 heteroatoms. The number of anilines is 2. The van der Waals surface area contributed by atoms with E-state index in [0.29, 0.717) is 6.54 Å². The van der Waals surface area contributed by atoms with Crippen LogP contribution in [0, 0.1) is 0 Å². The highest BCUT2D eigenvalue weighted by atomic mass is 15.2. The molecule has 0 aliphatic heterocycles. The quantitative estimate of drug-likeness (QED) is 0.750. The van der Waals surface area contributed by atoms with Gasteiger partial charge in [0.25, 0.3) is 0 Å². The Hall–Kier alpha value is -2.33. The number of nitrogens with one attached hydrogen (secondary N) is 1. The maximum Gasteiger partial charge on any atom is 0.208 e. The van der Waals surface area contributed by atoms with Crippen molar-refractivity contribution in [1.29, 1.82) is 0 Å². The number of nitrogens with zero attached hydrogens (tertiary/aromatic N) is 2. The molecule has 0 radical (unpaired) electrons. The Bertz CT molecular complexity index is 673. The van der Waals surface area contributed by atoms with Crippen LogP contribution in [0.25, 0.3) is 11.0 Å². The average Bonchev–Trinajstić information content (AvgIpc) is 2.79. The van der Waals surface area contributed by atoms with Gasteiger partial charge in [0.2, 0.25) is 5.95 Å². The van der Waals surface area contributed by atoms with Crippen LogP contribution in [0.4, 0.5) is 11.6 Å². The normalized spacial score (nSPS) is 10.8. The van der Waals surface area contributed by atoms with Gasteiger partial charge in [-0.25, -0.2) is 4.98 Å². The lowest BCUT2D eigenvalue weighted by molar-refractivity contribution is 0.736. The second kappa shape index (κ2) is 5.12. The van der Waals surface area contributed by atoms with Gasteiger partial charge >= 0.3 is 0 Å². The minimum absolute atomic E-state index is 0.587. The largest absolute Gasteiger partial charge is 0.329 e. The molecule has 19 heavy (non-hydrogen) atoms. The zero-order valence-electron chi connectivity index (χ0n) is 10.6. The van der Waals surface area contributed by atoms with Crippen LogP contribution in [0.2, 0.25) is 0 Å². The molecule has 0 atom stereocenters. The van der Waals surface area contributed by atoms with Gasteiger partial charge in [-0.05, 0) is 24.3 Å². The van der Waals surface area contributed by atoms with E-state index in [-0.39, 0.29) is 0 Å². The third-order valence-electron chi connectivity index (χ3n) is 3.04. The lowest BCUT2D eigenvalue weighted by Crippen LogP contribution is -2.12. The van der Waals surface area contributed by atoms with Gasteiger partial charge in [-0.15, -0.1) is 0 Å². The standard InChI is InChI=1S/C15H16N4/c16-10-11-19-14-9-5-4-8-13(14)18-15(19)17-12-6-2-1-3-7-12/h1-9H,10-11,16H2,(H,17,18). The molecule has 4 nitrogen and oxygen atoms in total. The van der Waals surface area contributed by atoms with Crippen LogP contribution < -0.4 is 11.1 Å². The number of fused-ring (bicyclic) bond motifs is 1. The minimum Gasteiger partial charge on any atom is -0.329 e. The summed E-state index contributed by atoms with van der Waals surface area (Å²) in [6.45, 7) is 1.33. The topological polar surface area (TPSA) is 55.9 Å². The molecular formula is C15H16N4. The number of hydrogen-bond donors (Lipinski definition) is 2. The molecule has 0 aliphatic rings. The van der Waals surface area contributed by atoms with Crippen molar-refractivity contribution in [3.8, 4) is 0 Å². The first-order valence-corrected chi connectivity index (χ1v) is 6.36. The first kappa shape index (κ1) is 11.7. The highest BCUT2D eigenvalue weighted by Gasteiger charge is 2.09. The molecule has 0 fully saturated rings. The number of hydrogen-bond acceptors (Lipinski definition) is 3. The first-order chi connectivity index (χ1) is 9.38. The Kier molecular flexibility index (Phi) is 3.16. The van der Waals surface area contributed by atoms with Crippen LogP contribution in [0.5, 0.6) is 0 Å². The molecule has 3 N–H and O–H groups in total. The third kappa shape index (κ3) is 2.30. The SMILES string of the molecule is NCCn1c(Nc2ccccc2)nc2ccccc21. The van der Waals surface area contributed by atoms with E-state index in [1.54, 1.807) is 0 Å². The predicted octanol–water partition coefficient (Wildman–Crippen LogP) is 2.74. The molecule has 0 saturated heterocycles. The van der Waals surface area contributed by atoms with E-state index in [1.807, 2.05) is 48.5 Å². The smallest absolute Gasteiger partial charge is 0.208 e. The Morgan fingerprint density at radius 2 is 1.74 bits per heavy atom. The maximum absolute atomic E-state index is 5.70. The van der Waals surface area contributed by atoms with Crippen molar-refractivity contribution in [1.82, 2.24) is 9.55 Å². The molecule has 0 spiro atoms. The van der Waals surface area contributed by atoms with Gasteiger partial charge in [0.1, 0.15) is 0 Å². The molecule has 3 aromatic rings. The van der Waals surface area contributed by atoms with Crippen molar-refractivity contribution in [3.05, 3.63) is 54.6 Å². The van der Waals surface area contributed by atoms with E-state index >= 15 is 0 Å². The van der Waals surface area contributed by atoms with Gasteiger partial charge in [-0.2, -0.15) is 0 Å². The second-order valence-corrected chi connectivity index (χ2v) is 4.36. The van der Waals surface area contributed by atoms with Gasteiger partial charge < -0.3 is 15.6 Å². The van der Waals surface area contributed by atoms with E-state index in [4.69, 9.17) is 5.73 Å². The Balaban J connectivity index is 2.04. The van der Waals surface area contributed by atoms with Crippen LogP contribution in [-0.2, 0) is 6.54 Å². The van der Waals surface area contributed by atoms with Crippen LogP contribution in [0.15, 0.2) is 54.6 Å². The summed E-state index contributed by atoms with van der Waals surface area (Å²) in [5.41, 5.74) is 8.80. The van der Waals surface area contributed by atoms with Gasteiger partial charge in [0.05, 0.1) is 11.0 Å². The monoisotopic (exact) mass is 252 g/mol. The van der Waals surface area contributed by atoms with Gasteiger partial charge in [-0.3, -0.25) is 0 Å². The second-order valence-electron chi connectivity index (χ2n) is 4.36. The van der Waals surface area contributed by atoms with Gasteiger partial charge in [0.15, 0.2) is 0 Å². The lowest BCUT2D eigenvalue weighted by Gasteiger charge is -2.09. The van der Waals surface area contributed by atoms with E-state index in [1.165, 1.54) is 0 Å². The van der Waals surface area contributed by atoms with E-state index < -0.39 is 0 Å². The van der Waals surface area contributed by atoms with Crippen molar-refractivity contribution in [3.63, 3.8) is 0 Å². The van der Waals surface area contributed by atoms with Crippen LogP contribution in [0.3, 0.4) is 0 Å². The summed E-state index contributed by atoms with van der Waals surface area (Å²) in [5, 5.41) is 3.34. The zero-order valence-corrected chi connectivity index (χ0v) is 10.6. The van der Waals surface area contributed by atoms with E-state index in [0.717, 1.165) is 29.2 Å². The molecule has 0 saturated carbocycles. The Morgan fingerprint density at radius 1 is 1.00 bits per heavy atom. The first-order valence-electron chi connectivity index (χ1n) is 6.36. The molecule has 0 unspecified atom stereocenters. The molecule has 2 aromatic carbocycles. The molecule has 0 amide bonds.